The number of aryl methyl sites for hydroxylation is 1. The van der Waals surface area contributed by atoms with Crippen molar-refractivity contribution in [3.05, 3.63) is 47.5 Å². The second-order valence-electron chi connectivity index (χ2n) is 5.51. The topological polar surface area (TPSA) is 26.3 Å². The molecule has 0 heterocycles. The van der Waals surface area contributed by atoms with Crippen LogP contribution in [-0.2, 0) is 16.0 Å². The summed E-state index contributed by atoms with van der Waals surface area (Å²) in [4.78, 5) is 11.4. The number of carbonyl (C=O) groups excluding carboxylic acids is 1. The molecule has 0 bridgehead atoms. The van der Waals surface area contributed by atoms with Crippen molar-refractivity contribution < 1.29 is 9.53 Å². The first-order chi connectivity index (χ1) is 9.72. The largest absolute Gasteiger partial charge is 0.459 e. The van der Waals surface area contributed by atoms with E-state index in [1.807, 2.05) is 6.92 Å². The van der Waals surface area contributed by atoms with Crippen molar-refractivity contribution in [3.63, 3.8) is 0 Å². The van der Waals surface area contributed by atoms with Gasteiger partial charge in [-0.05, 0) is 56.1 Å². The number of esters is 1. The predicted octanol–water partition coefficient (Wildman–Crippen LogP) is 4.39. The van der Waals surface area contributed by atoms with E-state index in [0.717, 1.165) is 32.1 Å². The first-order valence-electron chi connectivity index (χ1n) is 7.65. The lowest BCUT2D eigenvalue weighted by Crippen LogP contribution is -2.23. The number of carbonyl (C=O) groups is 1. The molecule has 1 fully saturated rings. The first kappa shape index (κ1) is 14.8. The zero-order valence-electron chi connectivity index (χ0n) is 12.5. The maximum absolute atomic E-state index is 11.4. The van der Waals surface area contributed by atoms with Crippen LogP contribution in [0.4, 0.5) is 0 Å². The Hall–Kier alpha value is -1.57. The Morgan fingerprint density at radius 3 is 2.40 bits per heavy atom. The van der Waals surface area contributed by atoms with Crippen molar-refractivity contribution in [2.24, 2.45) is 0 Å². The van der Waals surface area contributed by atoms with Gasteiger partial charge in [-0.2, -0.15) is 0 Å². The molecule has 0 spiro atoms. The van der Waals surface area contributed by atoms with Gasteiger partial charge in [-0.1, -0.05) is 37.3 Å². The minimum atomic E-state index is -0.205. The minimum Gasteiger partial charge on any atom is -0.459 e. The summed E-state index contributed by atoms with van der Waals surface area (Å²) in [5.74, 6) is 0.417. The van der Waals surface area contributed by atoms with E-state index in [0.29, 0.717) is 5.92 Å². The van der Waals surface area contributed by atoms with Gasteiger partial charge >= 0.3 is 5.97 Å². The van der Waals surface area contributed by atoms with E-state index in [-0.39, 0.29) is 12.1 Å². The van der Waals surface area contributed by atoms with Gasteiger partial charge in [-0.3, -0.25) is 0 Å². The molecule has 0 aromatic heterocycles. The lowest BCUT2D eigenvalue weighted by atomic mass is 9.82. The van der Waals surface area contributed by atoms with Crippen LogP contribution in [0.1, 0.15) is 56.6 Å². The molecule has 2 nitrogen and oxygen atoms in total. The Morgan fingerprint density at radius 1 is 1.20 bits per heavy atom. The predicted molar refractivity (Wildman–Crippen MR) is 81.7 cm³/mol. The van der Waals surface area contributed by atoms with E-state index < -0.39 is 0 Å². The number of ether oxygens (including phenoxy) is 1. The summed E-state index contributed by atoms with van der Waals surface area (Å²) < 4.78 is 5.43. The van der Waals surface area contributed by atoms with Gasteiger partial charge in [-0.25, -0.2) is 4.79 Å². The number of hydrogen-bond acceptors (Lipinski definition) is 2. The van der Waals surface area contributed by atoms with Crippen LogP contribution in [0.3, 0.4) is 0 Å². The number of benzene rings is 1. The first-order valence-corrected chi connectivity index (χ1v) is 7.65. The van der Waals surface area contributed by atoms with Crippen LogP contribution in [0, 0.1) is 0 Å². The fraction of sp³-hybridized carbons (Fsp3) is 0.500. The Labute approximate surface area is 121 Å². The smallest absolute Gasteiger partial charge is 0.330 e. The molecule has 2 rings (SSSR count). The van der Waals surface area contributed by atoms with E-state index >= 15 is 0 Å². The highest BCUT2D eigenvalue weighted by atomic mass is 16.5. The number of hydrogen-bond donors (Lipinski definition) is 0. The average molecular weight is 272 g/mol. The molecule has 1 saturated carbocycles. The molecule has 1 aromatic rings. The molecule has 20 heavy (non-hydrogen) atoms. The Balaban J connectivity index is 1.85. The molecule has 0 N–H and O–H groups in total. The summed E-state index contributed by atoms with van der Waals surface area (Å²) in [6.07, 6.45) is 8.59. The molecular weight excluding hydrogens is 248 g/mol. The zero-order valence-corrected chi connectivity index (χ0v) is 12.5. The highest BCUT2D eigenvalue weighted by Gasteiger charge is 2.24. The van der Waals surface area contributed by atoms with Crippen LogP contribution < -0.4 is 0 Å². The van der Waals surface area contributed by atoms with Gasteiger partial charge in [0.15, 0.2) is 0 Å². The highest BCUT2D eigenvalue weighted by molar-refractivity contribution is 5.81. The summed E-state index contributed by atoms with van der Waals surface area (Å²) in [6, 6.07) is 8.98. The summed E-state index contributed by atoms with van der Waals surface area (Å²) in [5.41, 5.74) is 2.82. The third-order valence-corrected chi connectivity index (χ3v) is 4.12. The third-order valence-electron chi connectivity index (χ3n) is 4.12. The molecule has 2 heteroatoms. The molecule has 0 aliphatic heterocycles. The van der Waals surface area contributed by atoms with Crippen molar-refractivity contribution >= 4 is 5.97 Å². The molecule has 0 atom stereocenters. The van der Waals surface area contributed by atoms with Crippen LogP contribution in [0.2, 0.25) is 0 Å². The second-order valence-corrected chi connectivity index (χ2v) is 5.51. The van der Waals surface area contributed by atoms with E-state index in [9.17, 15) is 4.79 Å². The number of allylic oxidation sites excluding steroid dienone is 1. The molecule has 0 radical (unpaired) electrons. The maximum Gasteiger partial charge on any atom is 0.330 e. The van der Waals surface area contributed by atoms with Crippen molar-refractivity contribution in [3.8, 4) is 0 Å². The fourth-order valence-corrected chi connectivity index (χ4v) is 2.88. The van der Waals surface area contributed by atoms with Gasteiger partial charge in [0.1, 0.15) is 6.10 Å². The van der Waals surface area contributed by atoms with Gasteiger partial charge < -0.3 is 4.74 Å². The van der Waals surface area contributed by atoms with Crippen molar-refractivity contribution in [2.45, 2.75) is 58.0 Å². The molecule has 1 aromatic carbocycles. The van der Waals surface area contributed by atoms with Gasteiger partial charge in [0, 0.05) is 6.08 Å². The van der Waals surface area contributed by atoms with Crippen molar-refractivity contribution in [1.29, 1.82) is 0 Å². The number of rotatable bonds is 4. The van der Waals surface area contributed by atoms with Gasteiger partial charge in [0.2, 0.25) is 0 Å². The van der Waals surface area contributed by atoms with E-state index in [2.05, 4.69) is 31.2 Å². The maximum atomic E-state index is 11.4. The van der Waals surface area contributed by atoms with Crippen molar-refractivity contribution in [2.75, 3.05) is 0 Å². The Morgan fingerprint density at radius 2 is 1.85 bits per heavy atom. The third kappa shape index (κ3) is 3.96. The Kier molecular flexibility index (Phi) is 5.40. The van der Waals surface area contributed by atoms with Crippen LogP contribution in [0.25, 0.3) is 0 Å². The average Bonchev–Trinajstić information content (AvgIpc) is 2.48. The molecule has 1 aliphatic carbocycles. The van der Waals surface area contributed by atoms with Gasteiger partial charge in [-0.15, -0.1) is 0 Å². The highest BCUT2D eigenvalue weighted by Crippen LogP contribution is 2.34. The van der Waals surface area contributed by atoms with Crippen LogP contribution in [0.15, 0.2) is 36.4 Å². The summed E-state index contributed by atoms with van der Waals surface area (Å²) in [7, 11) is 0. The summed E-state index contributed by atoms with van der Waals surface area (Å²) >= 11 is 0. The molecule has 1 aliphatic rings. The lowest BCUT2D eigenvalue weighted by molar-refractivity contribution is -0.144. The summed E-state index contributed by atoms with van der Waals surface area (Å²) in [6.45, 7) is 4.01. The summed E-state index contributed by atoms with van der Waals surface area (Å²) in [5, 5.41) is 0. The van der Waals surface area contributed by atoms with E-state index in [1.54, 1.807) is 6.08 Å². The molecule has 0 saturated heterocycles. The van der Waals surface area contributed by atoms with Crippen LogP contribution >= 0.6 is 0 Å². The van der Waals surface area contributed by atoms with E-state index in [4.69, 9.17) is 4.74 Å². The monoisotopic (exact) mass is 272 g/mol. The minimum absolute atomic E-state index is 0.102. The zero-order chi connectivity index (χ0) is 14.4. The normalized spacial score (nSPS) is 22.9. The molecule has 0 unspecified atom stereocenters. The van der Waals surface area contributed by atoms with Crippen LogP contribution in [0.5, 0.6) is 0 Å². The van der Waals surface area contributed by atoms with E-state index in [1.165, 1.54) is 17.2 Å². The lowest BCUT2D eigenvalue weighted by Gasteiger charge is -2.28. The SMILES string of the molecule is C/C=C/C(=O)OC1CCC(c2ccc(CC)cc2)CC1. The Bertz CT molecular complexity index is 451. The molecular formula is C18H24O2. The van der Waals surface area contributed by atoms with Crippen molar-refractivity contribution in [1.82, 2.24) is 0 Å². The van der Waals surface area contributed by atoms with Crippen LogP contribution in [-0.4, -0.2) is 12.1 Å². The standard InChI is InChI=1S/C18H24O2/c1-3-5-18(19)20-17-12-10-16(11-13-17)15-8-6-14(4-2)7-9-15/h3,5-9,16-17H,4,10-13H2,1-2H3/b5-3+. The molecule has 108 valence electrons. The van der Waals surface area contributed by atoms with Gasteiger partial charge in [0.25, 0.3) is 0 Å². The van der Waals surface area contributed by atoms with Gasteiger partial charge in [0.05, 0.1) is 0 Å². The second kappa shape index (κ2) is 7.28. The molecule has 0 amide bonds. The fourth-order valence-electron chi connectivity index (χ4n) is 2.88. The quantitative estimate of drug-likeness (QED) is 0.600.